The van der Waals surface area contributed by atoms with Gasteiger partial charge in [-0.2, -0.15) is 0 Å². The molecular formula is C32H47FN4O2. The number of nitrogens with one attached hydrogen (secondary N) is 3. The fraction of sp³-hybridized carbons (Fsp3) is 0.594. The van der Waals surface area contributed by atoms with Crippen LogP contribution in [-0.2, 0) is 19.4 Å². The van der Waals surface area contributed by atoms with Crippen molar-refractivity contribution in [2.75, 3.05) is 18.0 Å². The standard InChI is InChI=1S/C32H47FN4O2/c1-4-10-24(33)20-34-25-15-17-26(18-16-25)37(5-2)30-14-9-13-28-27(30)12-8-6-7-11-23-19-22(3)36-32(39)29(23)21-35-31(28)38/h6,8-9,13-14,19,24-26,31,34-35,38H,4-5,7,10-12,15-18,20-21H2,1-3H3,(H,36,39). The van der Waals surface area contributed by atoms with Gasteiger partial charge in [-0.25, -0.2) is 4.39 Å². The summed E-state index contributed by atoms with van der Waals surface area (Å²) in [7, 11) is 0. The van der Waals surface area contributed by atoms with Crippen molar-refractivity contribution in [3.63, 3.8) is 0 Å². The van der Waals surface area contributed by atoms with E-state index in [1.165, 1.54) is 5.69 Å². The number of aliphatic hydroxyl groups is 1. The van der Waals surface area contributed by atoms with Crippen LogP contribution in [0.1, 0.15) is 93.0 Å². The van der Waals surface area contributed by atoms with Crippen LogP contribution < -0.4 is 21.1 Å². The lowest BCUT2D eigenvalue weighted by atomic mass is 9.88. The highest BCUT2D eigenvalue weighted by molar-refractivity contribution is 5.59. The molecule has 214 valence electrons. The normalized spacial score (nSPS) is 22.7. The van der Waals surface area contributed by atoms with Crippen LogP contribution in [0.4, 0.5) is 10.1 Å². The summed E-state index contributed by atoms with van der Waals surface area (Å²) in [6.45, 7) is 7.79. The monoisotopic (exact) mass is 538 g/mol. The second-order valence-corrected chi connectivity index (χ2v) is 11.2. The molecule has 1 saturated carbocycles. The molecule has 0 bridgehead atoms. The first kappa shape index (κ1) is 29.5. The number of alkyl halides is 1. The maximum atomic E-state index is 14.0. The van der Waals surface area contributed by atoms with Gasteiger partial charge in [-0.05, 0) is 88.5 Å². The van der Waals surface area contributed by atoms with Gasteiger partial charge in [0, 0.05) is 54.2 Å². The molecule has 1 aromatic heterocycles. The zero-order chi connectivity index (χ0) is 27.8. The Morgan fingerprint density at radius 3 is 2.69 bits per heavy atom. The van der Waals surface area contributed by atoms with E-state index in [0.29, 0.717) is 37.2 Å². The average Bonchev–Trinajstić information content (AvgIpc) is 2.92. The van der Waals surface area contributed by atoms with Gasteiger partial charge in [-0.1, -0.05) is 37.6 Å². The van der Waals surface area contributed by atoms with Gasteiger partial charge < -0.3 is 20.3 Å². The SMILES string of the molecule is CCCC(F)CNC1CCC(N(CC)c2cccc3c2CC=CCCc2cc(C)[nH]c(=O)c2CNC3O)CC1. The molecule has 2 unspecified atom stereocenters. The van der Waals surface area contributed by atoms with E-state index in [9.17, 15) is 14.3 Å². The maximum Gasteiger partial charge on any atom is 0.252 e. The van der Waals surface area contributed by atoms with E-state index >= 15 is 0 Å². The second kappa shape index (κ2) is 14.2. The molecule has 1 fully saturated rings. The van der Waals surface area contributed by atoms with Gasteiger partial charge >= 0.3 is 0 Å². The Kier molecular flexibility index (Phi) is 10.8. The van der Waals surface area contributed by atoms with Crippen LogP contribution in [0.3, 0.4) is 0 Å². The van der Waals surface area contributed by atoms with E-state index in [1.54, 1.807) is 0 Å². The second-order valence-electron chi connectivity index (χ2n) is 11.2. The van der Waals surface area contributed by atoms with Crippen LogP contribution in [0, 0.1) is 6.92 Å². The number of anilines is 1. The summed E-state index contributed by atoms with van der Waals surface area (Å²) in [5.41, 5.74) is 5.67. The average molecular weight is 539 g/mol. The van der Waals surface area contributed by atoms with Crippen LogP contribution in [0.2, 0.25) is 0 Å². The molecule has 7 heteroatoms. The number of fused-ring (bicyclic) bond motifs is 2. The lowest BCUT2D eigenvalue weighted by Crippen LogP contribution is -2.44. The predicted molar refractivity (Wildman–Crippen MR) is 158 cm³/mol. The third-order valence-electron chi connectivity index (χ3n) is 8.40. The van der Waals surface area contributed by atoms with Crippen molar-refractivity contribution >= 4 is 5.69 Å². The minimum Gasteiger partial charge on any atom is -0.374 e. The van der Waals surface area contributed by atoms with E-state index in [1.807, 2.05) is 32.0 Å². The van der Waals surface area contributed by atoms with E-state index in [-0.39, 0.29) is 5.56 Å². The lowest BCUT2D eigenvalue weighted by molar-refractivity contribution is 0.136. The van der Waals surface area contributed by atoms with Crippen molar-refractivity contribution in [1.82, 2.24) is 15.6 Å². The Bertz CT molecular complexity index is 1160. The molecular weight excluding hydrogens is 491 g/mol. The van der Waals surface area contributed by atoms with Crippen LogP contribution in [0.25, 0.3) is 0 Å². The largest absolute Gasteiger partial charge is 0.374 e. The number of nitrogens with zero attached hydrogens (tertiary/aromatic N) is 1. The van der Waals surface area contributed by atoms with Crippen LogP contribution in [-0.4, -0.2) is 41.4 Å². The van der Waals surface area contributed by atoms with Crippen molar-refractivity contribution in [3.8, 4) is 0 Å². The number of aromatic amines is 1. The molecule has 4 N–H and O–H groups in total. The first-order chi connectivity index (χ1) is 18.9. The third-order valence-corrected chi connectivity index (χ3v) is 8.40. The first-order valence-corrected chi connectivity index (χ1v) is 14.9. The lowest BCUT2D eigenvalue weighted by Gasteiger charge is -2.39. The van der Waals surface area contributed by atoms with E-state index in [2.05, 4.69) is 45.7 Å². The Morgan fingerprint density at radius 2 is 1.95 bits per heavy atom. The molecule has 0 saturated heterocycles. The highest BCUT2D eigenvalue weighted by atomic mass is 19.1. The Balaban J connectivity index is 1.52. The molecule has 2 aromatic rings. The van der Waals surface area contributed by atoms with Gasteiger partial charge in [-0.3, -0.25) is 10.1 Å². The van der Waals surface area contributed by atoms with Crippen molar-refractivity contribution < 1.29 is 9.50 Å². The Labute approximate surface area is 233 Å². The highest BCUT2D eigenvalue weighted by Gasteiger charge is 2.28. The summed E-state index contributed by atoms with van der Waals surface area (Å²) in [5, 5.41) is 18.0. The number of benzene rings is 1. The number of hydrogen-bond acceptors (Lipinski definition) is 5. The van der Waals surface area contributed by atoms with Gasteiger partial charge in [0.25, 0.3) is 5.56 Å². The Hall–Kier alpha value is -2.48. The van der Waals surface area contributed by atoms with Crippen molar-refractivity contribution in [2.45, 2.75) is 110 Å². The number of halogens is 1. The number of rotatable bonds is 8. The summed E-state index contributed by atoms with van der Waals surface area (Å²) in [6, 6.07) is 9.05. The fourth-order valence-electron chi connectivity index (χ4n) is 6.33. The van der Waals surface area contributed by atoms with Gasteiger partial charge in [0.15, 0.2) is 0 Å². The molecule has 1 aliphatic heterocycles. The molecule has 2 heterocycles. The minimum absolute atomic E-state index is 0.0886. The smallest absolute Gasteiger partial charge is 0.252 e. The zero-order valence-electron chi connectivity index (χ0n) is 23.9. The molecule has 1 aliphatic carbocycles. The molecule has 2 aliphatic rings. The van der Waals surface area contributed by atoms with Gasteiger partial charge in [0.1, 0.15) is 12.4 Å². The van der Waals surface area contributed by atoms with E-state index < -0.39 is 12.4 Å². The van der Waals surface area contributed by atoms with E-state index in [4.69, 9.17) is 0 Å². The summed E-state index contributed by atoms with van der Waals surface area (Å²) in [5.74, 6) is 0. The summed E-state index contributed by atoms with van der Waals surface area (Å²) in [6.07, 6.45) is 10.9. The van der Waals surface area contributed by atoms with Crippen LogP contribution in [0.5, 0.6) is 0 Å². The Morgan fingerprint density at radius 1 is 1.15 bits per heavy atom. The maximum absolute atomic E-state index is 14.0. The number of H-pyrrole nitrogens is 1. The van der Waals surface area contributed by atoms with E-state index in [0.717, 1.165) is 80.3 Å². The molecule has 0 radical (unpaired) electrons. The molecule has 39 heavy (non-hydrogen) atoms. The molecule has 4 rings (SSSR count). The molecule has 6 nitrogen and oxygen atoms in total. The number of aromatic nitrogens is 1. The minimum atomic E-state index is -0.878. The number of hydrogen-bond donors (Lipinski definition) is 4. The van der Waals surface area contributed by atoms with Crippen molar-refractivity contribution in [3.05, 3.63) is 74.7 Å². The van der Waals surface area contributed by atoms with Crippen molar-refractivity contribution in [1.29, 1.82) is 0 Å². The predicted octanol–water partition coefficient (Wildman–Crippen LogP) is 5.37. The zero-order valence-corrected chi connectivity index (χ0v) is 23.9. The highest BCUT2D eigenvalue weighted by Crippen LogP contribution is 2.34. The molecule has 1 aromatic carbocycles. The molecule has 2 atom stereocenters. The van der Waals surface area contributed by atoms with Gasteiger partial charge in [0.05, 0.1) is 0 Å². The first-order valence-electron chi connectivity index (χ1n) is 14.9. The van der Waals surface area contributed by atoms with Gasteiger partial charge in [-0.15, -0.1) is 0 Å². The van der Waals surface area contributed by atoms with Crippen LogP contribution in [0.15, 0.2) is 41.2 Å². The van der Waals surface area contributed by atoms with Gasteiger partial charge in [0.2, 0.25) is 0 Å². The topological polar surface area (TPSA) is 80.4 Å². The molecule has 0 amide bonds. The third kappa shape index (κ3) is 7.59. The number of allylic oxidation sites excluding steroid dienone is 2. The number of aliphatic hydroxyl groups excluding tert-OH is 1. The summed E-state index contributed by atoms with van der Waals surface area (Å²) in [4.78, 5) is 18.1. The summed E-state index contributed by atoms with van der Waals surface area (Å²) < 4.78 is 14.0. The molecule has 0 spiro atoms. The fourth-order valence-corrected chi connectivity index (χ4v) is 6.33. The quantitative estimate of drug-likeness (QED) is 0.340. The number of aryl methyl sites for hydroxylation is 2. The van der Waals surface area contributed by atoms with Crippen molar-refractivity contribution in [2.24, 2.45) is 0 Å². The number of pyridine rings is 1. The summed E-state index contributed by atoms with van der Waals surface area (Å²) >= 11 is 0. The van der Waals surface area contributed by atoms with Crippen LogP contribution >= 0.6 is 0 Å².